The fourth-order valence-electron chi connectivity index (χ4n) is 3.89. The van der Waals surface area contributed by atoms with Crippen LogP contribution in [-0.2, 0) is 4.79 Å². The molecule has 2 aliphatic heterocycles. The number of aromatic nitrogens is 2. The second kappa shape index (κ2) is 6.30. The summed E-state index contributed by atoms with van der Waals surface area (Å²) < 4.78 is 5.70. The lowest BCUT2D eigenvalue weighted by Crippen LogP contribution is -2.42. The molecule has 1 aromatic carbocycles. The standard InChI is InChI=1S/C19H23N3O2/c1-13-11-17(21-20-13)14-5-4-9-22(12-14)19(23)16-8-10-24-18-7-3-2-6-15(16)18/h2-3,6-7,11,14,16H,4-5,8-10,12H2,1H3,(H,20,21). The average molecular weight is 325 g/mol. The number of amides is 1. The zero-order valence-electron chi connectivity index (χ0n) is 14.0. The molecule has 1 amide bonds. The summed E-state index contributed by atoms with van der Waals surface area (Å²) in [6.45, 7) is 4.24. The van der Waals surface area contributed by atoms with Gasteiger partial charge in [0.1, 0.15) is 5.75 Å². The zero-order valence-corrected chi connectivity index (χ0v) is 14.0. The van der Waals surface area contributed by atoms with Gasteiger partial charge in [0, 0.05) is 30.3 Å². The number of ether oxygens (including phenoxy) is 1. The lowest BCUT2D eigenvalue weighted by molar-refractivity contribution is -0.134. The monoisotopic (exact) mass is 325 g/mol. The van der Waals surface area contributed by atoms with Gasteiger partial charge < -0.3 is 9.64 Å². The number of aromatic amines is 1. The molecule has 1 aromatic heterocycles. The molecule has 5 nitrogen and oxygen atoms in total. The summed E-state index contributed by atoms with van der Waals surface area (Å²) in [6, 6.07) is 10.0. The summed E-state index contributed by atoms with van der Waals surface area (Å²) in [5, 5.41) is 7.42. The van der Waals surface area contributed by atoms with Crippen molar-refractivity contribution in [1.29, 1.82) is 0 Å². The predicted octanol–water partition coefficient (Wildman–Crippen LogP) is 2.99. The number of aryl methyl sites for hydroxylation is 1. The van der Waals surface area contributed by atoms with Crippen molar-refractivity contribution in [2.24, 2.45) is 0 Å². The van der Waals surface area contributed by atoms with Gasteiger partial charge in [0.2, 0.25) is 5.91 Å². The maximum atomic E-state index is 13.1. The van der Waals surface area contributed by atoms with Gasteiger partial charge in [-0.2, -0.15) is 5.10 Å². The Labute approximate surface area is 142 Å². The molecular formula is C19H23N3O2. The second-order valence-electron chi connectivity index (χ2n) is 6.83. The summed E-state index contributed by atoms with van der Waals surface area (Å²) in [5.74, 6) is 1.36. The van der Waals surface area contributed by atoms with Crippen LogP contribution < -0.4 is 4.74 Å². The number of benzene rings is 1. The topological polar surface area (TPSA) is 58.2 Å². The van der Waals surface area contributed by atoms with Crippen LogP contribution in [0, 0.1) is 6.92 Å². The third kappa shape index (κ3) is 2.79. The highest BCUT2D eigenvalue weighted by atomic mass is 16.5. The molecule has 1 saturated heterocycles. The first-order valence-electron chi connectivity index (χ1n) is 8.75. The van der Waals surface area contributed by atoms with E-state index in [1.807, 2.05) is 36.1 Å². The number of nitrogens with one attached hydrogen (secondary N) is 1. The SMILES string of the molecule is Cc1cc(C2CCCN(C(=O)C3CCOc4ccccc43)C2)n[nH]1. The predicted molar refractivity (Wildman–Crippen MR) is 91.2 cm³/mol. The highest BCUT2D eigenvalue weighted by Crippen LogP contribution is 2.36. The number of hydrogen-bond donors (Lipinski definition) is 1. The number of para-hydroxylation sites is 1. The molecule has 2 unspecified atom stereocenters. The van der Waals surface area contributed by atoms with Crippen LogP contribution in [0.25, 0.3) is 0 Å². The Bertz CT molecular complexity index is 740. The summed E-state index contributed by atoms with van der Waals surface area (Å²) in [7, 11) is 0. The molecule has 24 heavy (non-hydrogen) atoms. The third-order valence-electron chi connectivity index (χ3n) is 5.13. The molecule has 126 valence electrons. The van der Waals surface area contributed by atoms with Gasteiger partial charge in [0.15, 0.2) is 0 Å². The molecule has 5 heteroatoms. The minimum atomic E-state index is -0.0744. The molecule has 0 spiro atoms. The molecule has 4 rings (SSSR count). The van der Waals surface area contributed by atoms with Crippen LogP contribution in [0.2, 0.25) is 0 Å². The normalized spacial score (nSPS) is 23.5. The van der Waals surface area contributed by atoms with Gasteiger partial charge in [0.25, 0.3) is 0 Å². The van der Waals surface area contributed by atoms with Gasteiger partial charge in [-0.3, -0.25) is 9.89 Å². The van der Waals surface area contributed by atoms with E-state index in [1.54, 1.807) is 0 Å². The van der Waals surface area contributed by atoms with Crippen LogP contribution in [-0.4, -0.2) is 40.7 Å². The summed E-state index contributed by atoms with van der Waals surface area (Å²) in [6.07, 6.45) is 2.89. The number of carbonyl (C=O) groups is 1. The first kappa shape index (κ1) is 15.2. The highest BCUT2D eigenvalue weighted by molar-refractivity contribution is 5.85. The van der Waals surface area contributed by atoms with Crippen molar-refractivity contribution >= 4 is 5.91 Å². The van der Waals surface area contributed by atoms with Crippen molar-refractivity contribution in [3.63, 3.8) is 0 Å². The van der Waals surface area contributed by atoms with Crippen LogP contribution in [0.15, 0.2) is 30.3 Å². The van der Waals surface area contributed by atoms with E-state index in [-0.39, 0.29) is 11.8 Å². The fourth-order valence-corrected chi connectivity index (χ4v) is 3.89. The Hall–Kier alpha value is -2.30. The lowest BCUT2D eigenvalue weighted by Gasteiger charge is -2.36. The molecular weight excluding hydrogens is 302 g/mol. The minimum absolute atomic E-state index is 0.0744. The van der Waals surface area contributed by atoms with Gasteiger partial charge in [-0.1, -0.05) is 18.2 Å². The van der Waals surface area contributed by atoms with E-state index in [0.717, 1.165) is 55.1 Å². The maximum absolute atomic E-state index is 13.1. The van der Waals surface area contributed by atoms with E-state index >= 15 is 0 Å². The Kier molecular flexibility index (Phi) is 4.00. The number of rotatable bonds is 2. The summed E-state index contributed by atoms with van der Waals surface area (Å²) in [4.78, 5) is 15.2. The van der Waals surface area contributed by atoms with Gasteiger partial charge in [-0.25, -0.2) is 0 Å². The van der Waals surface area contributed by atoms with E-state index in [1.165, 1.54) is 0 Å². The van der Waals surface area contributed by atoms with E-state index in [0.29, 0.717) is 12.5 Å². The van der Waals surface area contributed by atoms with Crippen LogP contribution in [0.5, 0.6) is 5.75 Å². The summed E-state index contributed by atoms with van der Waals surface area (Å²) >= 11 is 0. The quantitative estimate of drug-likeness (QED) is 0.923. The van der Waals surface area contributed by atoms with Crippen molar-refractivity contribution in [1.82, 2.24) is 15.1 Å². The van der Waals surface area contributed by atoms with E-state index in [9.17, 15) is 4.79 Å². The van der Waals surface area contributed by atoms with Crippen molar-refractivity contribution in [2.75, 3.05) is 19.7 Å². The molecule has 1 fully saturated rings. The number of piperidine rings is 1. The molecule has 3 heterocycles. The summed E-state index contributed by atoms with van der Waals surface area (Å²) in [5.41, 5.74) is 3.19. The van der Waals surface area contributed by atoms with Gasteiger partial charge in [-0.15, -0.1) is 0 Å². The van der Waals surface area contributed by atoms with Crippen molar-refractivity contribution in [3.05, 3.63) is 47.3 Å². The van der Waals surface area contributed by atoms with E-state index in [2.05, 4.69) is 16.3 Å². The Balaban J connectivity index is 1.52. The minimum Gasteiger partial charge on any atom is -0.493 e. The molecule has 2 aliphatic rings. The molecule has 0 radical (unpaired) electrons. The smallest absolute Gasteiger partial charge is 0.230 e. The highest BCUT2D eigenvalue weighted by Gasteiger charge is 2.34. The first-order chi connectivity index (χ1) is 11.7. The molecule has 1 N–H and O–H groups in total. The molecule has 0 bridgehead atoms. The third-order valence-corrected chi connectivity index (χ3v) is 5.13. The molecule has 2 aromatic rings. The Morgan fingerprint density at radius 2 is 2.21 bits per heavy atom. The van der Waals surface area contributed by atoms with Gasteiger partial charge >= 0.3 is 0 Å². The van der Waals surface area contributed by atoms with E-state index < -0.39 is 0 Å². The van der Waals surface area contributed by atoms with Crippen LogP contribution in [0.3, 0.4) is 0 Å². The number of likely N-dealkylation sites (tertiary alicyclic amines) is 1. The van der Waals surface area contributed by atoms with Crippen molar-refractivity contribution in [2.45, 2.75) is 38.0 Å². The molecule has 0 aliphatic carbocycles. The lowest BCUT2D eigenvalue weighted by atomic mass is 9.89. The number of carbonyl (C=O) groups excluding carboxylic acids is 1. The fraction of sp³-hybridized carbons (Fsp3) is 0.474. The molecule has 2 atom stereocenters. The number of fused-ring (bicyclic) bond motifs is 1. The Morgan fingerprint density at radius 1 is 1.33 bits per heavy atom. The van der Waals surface area contributed by atoms with E-state index in [4.69, 9.17) is 4.74 Å². The van der Waals surface area contributed by atoms with Crippen LogP contribution in [0.4, 0.5) is 0 Å². The maximum Gasteiger partial charge on any atom is 0.230 e. The number of nitrogens with zero attached hydrogens (tertiary/aromatic N) is 2. The van der Waals surface area contributed by atoms with Gasteiger partial charge in [-0.05, 0) is 38.3 Å². The number of H-pyrrole nitrogens is 1. The van der Waals surface area contributed by atoms with Crippen molar-refractivity contribution < 1.29 is 9.53 Å². The largest absolute Gasteiger partial charge is 0.493 e. The van der Waals surface area contributed by atoms with Crippen LogP contribution >= 0.6 is 0 Å². The number of hydrogen-bond acceptors (Lipinski definition) is 3. The molecule has 0 saturated carbocycles. The first-order valence-corrected chi connectivity index (χ1v) is 8.75. The average Bonchev–Trinajstić information content (AvgIpc) is 3.07. The zero-order chi connectivity index (χ0) is 16.5. The Morgan fingerprint density at radius 3 is 3.04 bits per heavy atom. The second-order valence-corrected chi connectivity index (χ2v) is 6.83. The van der Waals surface area contributed by atoms with Crippen molar-refractivity contribution in [3.8, 4) is 5.75 Å². The van der Waals surface area contributed by atoms with Crippen LogP contribution in [0.1, 0.15) is 48.0 Å². The van der Waals surface area contributed by atoms with Gasteiger partial charge in [0.05, 0.1) is 18.2 Å².